The van der Waals surface area contributed by atoms with Gasteiger partial charge in [-0.25, -0.2) is 28.1 Å². The van der Waals surface area contributed by atoms with Crippen molar-refractivity contribution in [2.75, 3.05) is 6.54 Å². The molecule has 0 atom stereocenters. The first-order valence-electron chi connectivity index (χ1n) is 8.64. The smallest absolute Gasteiger partial charge is 0.292 e. The van der Waals surface area contributed by atoms with E-state index in [0.29, 0.717) is 25.0 Å². The van der Waals surface area contributed by atoms with Crippen molar-refractivity contribution in [2.24, 2.45) is 0 Å². The summed E-state index contributed by atoms with van der Waals surface area (Å²) in [5, 5.41) is 0. The number of nitrogens with one attached hydrogen (secondary N) is 1. The molecule has 30 heavy (non-hydrogen) atoms. The summed E-state index contributed by atoms with van der Waals surface area (Å²) in [7, 11) is 0. The van der Waals surface area contributed by atoms with Crippen LogP contribution in [0.3, 0.4) is 0 Å². The lowest BCUT2D eigenvalue weighted by Crippen LogP contribution is -2.36. The van der Waals surface area contributed by atoms with E-state index >= 15 is 0 Å². The summed E-state index contributed by atoms with van der Waals surface area (Å²) in [5.41, 5.74) is 1.29. The zero-order valence-corrected chi connectivity index (χ0v) is 15.1. The summed E-state index contributed by atoms with van der Waals surface area (Å²) in [6.07, 6.45) is 1.25. The van der Waals surface area contributed by atoms with Crippen molar-refractivity contribution >= 4 is 17.0 Å². The molecule has 1 aromatic carbocycles. The van der Waals surface area contributed by atoms with E-state index in [1.165, 1.54) is 11.0 Å². The lowest BCUT2D eigenvalue weighted by atomic mass is 10.1. The molecule has 0 saturated heterocycles. The maximum absolute atomic E-state index is 12.7. The maximum Gasteiger partial charge on any atom is 0.292 e. The van der Waals surface area contributed by atoms with Crippen LogP contribution in [0.2, 0.25) is 0 Å². The molecule has 5 rings (SSSR count). The molecule has 3 aromatic heterocycles. The maximum atomic E-state index is 12.7. The van der Waals surface area contributed by atoms with Gasteiger partial charge in [-0.2, -0.15) is 4.39 Å². The number of H-pyrrole nitrogens is 1. The van der Waals surface area contributed by atoms with Gasteiger partial charge < -0.3 is 18.7 Å². The molecule has 8 nitrogen and oxygen atoms in total. The Labute approximate surface area is 165 Å². The number of imidazole rings is 1. The molecule has 1 amide bonds. The van der Waals surface area contributed by atoms with E-state index < -0.39 is 35.4 Å². The van der Waals surface area contributed by atoms with Crippen LogP contribution in [0.5, 0.6) is 0 Å². The minimum absolute atomic E-state index is 0.134. The van der Waals surface area contributed by atoms with Gasteiger partial charge in [0.25, 0.3) is 12.3 Å². The van der Waals surface area contributed by atoms with Crippen LogP contribution in [0.4, 0.5) is 17.6 Å². The Kier molecular flexibility index (Phi) is 5.21. The summed E-state index contributed by atoms with van der Waals surface area (Å²) in [4.78, 5) is 27.6. The van der Waals surface area contributed by atoms with Gasteiger partial charge in [0.2, 0.25) is 11.6 Å². The summed E-state index contributed by atoms with van der Waals surface area (Å²) in [5.74, 6) is -2.87. The predicted octanol–water partition coefficient (Wildman–Crippen LogP) is 3.64. The topological polar surface area (TPSA) is 101 Å². The van der Waals surface area contributed by atoms with E-state index in [1.807, 2.05) is 0 Å². The number of alkyl halides is 2. The third-order valence-corrected chi connectivity index (χ3v) is 4.45. The van der Waals surface area contributed by atoms with Gasteiger partial charge in [-0.1, -0.05) is 0 Å². The number of nitrogens with zero attached hydrogens (tertiary/aromatic N) is 4. The van der Waals surface area contributed by atoms with Crippen molar-refractivity contribution in [3.63, 3.8) is 0 Å². The molecule has 156 valence electrons. The van der Waals surface area contributed by atoms with Gasteiger partial charge in [0.15, 0.2) is 29.9 Å². The summed E-state index contributed by atoms with van der Waals surface area (Å²) in [6, 6.07) is 2.37. The fourth-order valence-corrected chi connectivity index (χ4v) is 2.97. The van der Waals surface area contributed by atoms with Crippen LogP contribution < -0.4 is 0 Å². The number of oxazole rings is 2. The third kappa shape index (κ3) is 3.63. The molecule has 0 fully saturated rings. The normalized spacial score (nSPS) is 13.3. The molecule has 4 aromatic rings. The van der Waals surface area contributed by atoms with E-state index in [4.69, 9.17) is 4.42 Å². The number of aromatic nitrogens is 4. The number of halogens is 4. The van der Waals surface area contributed by atoms with Gasteiger partial charge in [0.1, 0.15) is 5.52 Å². The Morgan fingerprint density at radius 3 is 2.73 bits per heavy atom. The van der Waals surface area contributed by atoms with Crippen molar-refractivity contribution in [3.8, 4) is 0 Å². The van der Waals surface area contributed by atoms with Crippen molar-refractivity contribution in [3.05, 3.63) is 65.7 Å². The van der Waals surface area contributed by atoms with Crippen LogP contribution in [0.1, 0.15) is 34.1 Å². The van der Waals surface area contributed by atoms with Crippen LogP contribution in [-0.4, -0.2) is 37.3 Å². The quantitative estimate of drug-likeness (QED) is 0.494. The Hall–Kier alpha value is -3.70. The number of hydrogen-bond donors (Lipinski definition) is 1. The van der Waals surface area contributed by atoms with E-state index in [9.17, 15) is 22.4 Å². The highest BCUT2D eigenvalue weighted by molar-refractivity contribution is 5.92. The van der Waals surface area contributed by atoms with Crippen molar-refractivity contribution in [1.82, 2.24) is 24.8 Å². The van der Waals surface area contributed by atoms with Gasteiger partial charge in [0.05, 0.1) is 24.3 Å². The molecular formula is C18H13F4N5O3. The molecule has 12 heteroatoms. The first-order valence-corrected chi connectivity index (χ1v) is 8.64. The van der Waals surface area contributed by atoms with Crippen LogP contribution in [0.25, 0.3) is 11.1 Å². The van der Waals surface area contributed by atoms with Crippen LogP contribution in [0, 0.1) is 11.6 Å². The molecule has 0 radical (unpaired) electrons. The Morgan fingerprint density at radius 1 is 1.13 bits per heavy atom. The van der Waals surface area contributed by atoms with Gasteiger partial charge >= 0.3 is 0 Å². The second-order valence-corrected chi connectivity index (χ2v) is 6.23. The highest BCUT2D eigenvalue weighted by Crippen LogP contribution is 2.24. The third-order valence-electron chi connectivity index (χ3n) is 4.45. The summed E-state index contributed by atoms with van der Waals surface area (Å²) in [6.45, 7) is 0.720. The largest absolute Gasteiger partial charge is 0.440 e. The SMILES string of the molecule is Fc1ccc2ncoc2c1F.O=C(c1ocnc1C(F)F)N1CCc2nc[nH]c2C1. The highest BCUT2D eigenvalue weighted by atomic mass is 19.3. The van der Waals surface area contributed by atoms with E-state index in [-0.39, 0.29) is 5.58 Å². The summed E-state index contributed by atoms with van der Waals surface area (Å²) >= 11 is 0. The zero-order valence-electron chi connectivity index (χ0n) is 15.1. The predicted molar refractivity (Wildman–Crippen MR) is 92.4 cm³/mol. The van der Waals surface area contributed by atoms with Crippen molar-refractivity contribution in [2.45, 2.75) is 19.4 Å². The van der Waals surface area contributed by atoms with E-state index in [1.54, 1.807) is 6.33 Å². The second-order valence-electron chi connectivity index (χ2n) is 6.23. The highest BCUT2D eigenvalue weighted by Gasteiger charge is 2.30. The molecule has 0 aliphatic carbocycles. The molecule has 0 unspecified atom stereocenters. The van der Waals surface area contributed by atoms with E-state index in [0.717, 1.165) is 30.2 Å². The van der Waals surface area contributed by atoms with Crippen LogP contribution in [-0.2, 0) is 13.0 Å². The molecule has 0 saturated carbocycles. The number of aromatic amines is 1. The number of carbonyl (C=O) groups is 1. The minimum atomic E-state index is -2.83. The molecule has 0 bridgehead atoms. The number of hydrogen-bond acceptors (Lipinski definition) is 6. The van der Waals surface area contributed by atoms with Crippen molar-refractivity contribution in [1.29, 1.82) is 0 Å². The molecular weight excluding hydrogens is 410 g/mol. The molecule has 1 aliphatic rings. The van der Waals surface area contributed by atoms with Crippen LogP contribution >= 0.6 is 0 Å². The molecule has 0 spiro atoms. The standard InChI is InChI=1S/C11H10F2N4O2.C7H3F2NO/c12-10(13)8-9(19-5-16-8)11(18)17-2-1-6-7(3-17)15-4-14-6;8-4-1-2-5-7(6(4)9)11-3-10-5/h4-5,10H,1-3H2,(H,14,15);1-3H. The van der Waals surface area contributed by atoms with Gasteiger partial charge in [-0.05, 0) is 12.1 Å². The van der Waals surface area contributed by atoms with Gasteiger partial charge in [-0.3, -0.25) is 4.79 Å². The first kappa shape index (κ1) is 19.6. The average molecular weight is 423 g/mol. The van der Waals surface area contributed by atoms with Gasteiger partial charge in [-0.15, -0.1) is 0 Å². The van der Waals surface area contributed by atoms with Crippen LogP contribution in [0.15, 0.2) is 40.1 Å². The fraction of sp³-hybridized carbons (Fsp3) is 0.222. The Balaban J connectivity index is 0.000000168. The number of rotatable bonds is 2. The van der Waals surface area contributed by atoms with Crippen molar-refractivity contribution < 1.29 is 31.2 Å². The molecule has 1 N–H and O–H groups in total. The summed E-state index contributed by atoms with van der Waals surface area (Å²) < 4.78 is 59.9. The number of amides is 1. The lowest BCUT2D eigenvalue weighted by Gasteiger charge is -2.25. The molecule has 4 heterocycles. The first-order chi connectivity index (χ1) is 14.5. The lowest BCUT2D eigenvalue weighted by molar-refractivity contribution is 0.0683. The Bertz CT molecular complexity index is 1190. The zero-order chi connectivity index (χ0) is 21.3. The second kappa shape index (κ2) is 7.97. The van der Waals surface area contributed by atoms with Gasteiger partial charge in [0, 0.05) is 13.0 Å². The number of fused-ring (bicyclic) bond motifs is 2. The monoisotopic (exact) mass is 423 g/mol. The Morgan fingerprint density at radius 2 is 1.93 bits per heavy atom. The average Bonchev–Trinajstić information content (AvgIpc) is 3.50. The number of benzene rings is 1. The van der Waals surface area contributed by atoms with E-state index in [2.05, 4.69) is 24.4 Å². The minimum Gasteiger partial charge on any atom is -0.440 e. The molecule has 1 aliphatic heterocycles. The number of carbonyl (C=O) groups excluding carboxylic acids is 1. The fourth-order valence-electron chi connectivity index (χ4n) is 2.97.